The average Bonchev–Trinajstić information content (AvgIpc) is 3.23. The number of pyridine rings is 1. The summed E-state index contributed by atoms with van der Waals surface area (Å²) in [6, 6.07) is 5.04. The highest BCUT2D eigenvalue weighted by atomic mass is 19.1. The lowest BCUT2D eigenvalue weighted by molar-refractivity contribution is 0.419. The summed E-state index contributed by atoms with van der Waals surface area (Å²) in [5.41, 5.74) is 2.24. The van der Waals surface area contributed by atoms with Crippen LogP contribution in [0.2, 0.25) is 0 Å². The van der Waals surface area contributed by atoms with Crippen molar-refractivity contribution in [1.29, 1.82) is 0 Å². The fourth-order valence-electron chi connectivity index (χ4n) is 2.25. The summed E-state index contributed by atoms with van der Waals surface area (Å²) in [4.78, 5) is 4.46. The topological polar surface area (TPSA) is 34.2 Å². The van der Waals surface area contributed by atoms with E-state index in [1.165, 1.54) is 6.07 Å². The first-order chi connectivity index (χ1) is 8.74. The van der Waals surface area contributed by atoms with Crippen LogP contribution in [0.25, 0.3) is 10.9 Å². The van der Waals surface area contributed by atoms with Gasteiger partial charge >= 0.3 is 0 Å². The van der Waals surface area contributed by atoms with E-state index in [-0.39, 0.29) is 5.82 Å². The predicted octanol–water partition coefficient (Wildman–Crippen LogP) is 3.30. The van der Waals surface area contributed by atoms with Crippen LogP contribution in [0.1, 0.15) is 24.5 Å². The van der Waals surface area contributed by atoms with Crippen LogP contribution in [-0.4, -0.2) is 19.1 Å². The first-order valence-corrected chi connectivity index (χ1v) is 6.09. The summed E-state index contributed by atoms with van der Waals surface area (Å²) in [6.07, 6.45) is 2.29. The standard InChI is InChI=1S/C14H15FN2O/c1-16-11-7-10(8-3-4-8)17-14-9(15)5-6-12(18-2)13(11)14/h5-8H,3-4H2,1-2H3,(H,16,17). The molecule has 1 aliphatic rings. The summed E-state index contributed by atoms with van der Waals surface area (Å²) >= 11 is 0. The molecule has 1 aromatic heterocycles. The second-order valence-electron chi connectivity index (χ2n) is 4.59. The largest absolute Gasteiger partial charge is 0.496 e. The minimum Gasteiger partial charge on any atom is -0.496 e. The number of nitrogens with zero attached hydrogens (tertiary/aromatic N) is 1. The third kappa shape index (κ3) is 1.68. The van der Waals surface area contributed by atoms with Crippen molar-refractivity contribution in [3.8, 4) is 5.75 Å². The molecule has 18 heavy (non-hydrogen) atoms. The molecule has 94 valence electrons. The van der Waals surface area contributed by atoms with Crippen molar-refractivity contribution in [3.63, 3.8) is 0 Å². The van der Waals surface area contributed by atoms with Crippen LogP contribution in [-0.2, 0) is 0 Å². The zero-order valence-electron chi connectivity index (χ0n) is 10.5. The number of anilines is 1. The van der Waals surface area contributed by atoms with Crippen molar-refractivity contribution in [2.75, 3.05) is 19.5 Å². The maximum absolute atomic E-state index is 13.9. The second-order valence-corrected chi connectivity index (χ2v) is 4.59. The van der Waals surface area contributed by atoms with E-state index in [0.29, 0.717) is 22.6 Å². The normalized spacial score (nSPS) is 14.8. The third-order valence-corrected chi connectivity index (χ3v) is 3.38. The molecule has 1 fully saturated rings. The zero-order chi connectivity index (χ0) is 12.7. The Labute approximate surface area is 105 Å². The number of rotatable bonds is 3. The van der Waals surface area contributed by atoms with Gasteiger partial charge in [0, 0.05) is 24.3 Å². The number of hydrogen-bond acceptors (Lipinski definition) is 3. The smallest absolute Gasteiger partial charge is 0.149 e. The number of methoxy groups -OCH3 is 1. The molecule has 1 heterocycles. The molecule has 0 spiro atoms. The highest BCUT2D eigenvalue weighted by Gasteiger charge is 2.27. The molecular formula is C14H15FN2O. The number of nitrogens with one attached hydrogen (secondary N) is 1. The summed E-state index contributed by atoms with van der Waals surface area (Å²) in [6.45, 7) is 0. The first kappa shape index (κ1) is 11.3. The maximum Gasteiger partial charge on any atom is 0.149 e. The van der Waals surface area contributed by atoms with Crippen molar-refractivity contribution in [1.82, 2.24) is 4.98 Å². The SMILES string of the molecule is CNc1cc(C2CC2)nc2c(F)ccc(OC)c12. The minimum absolute atomic E-state index is 0.301. The van der Waals surface area contributed by atoms with Gasteiger partial charge in [0.05, 0.1) is 12.5 Å². The molecule has 0 atom stereocenters. The number of halogens is 1. The number of benzene rings is 1. The summed E-state index contributed by atoms with van der Waals surface area (Å²) in [5.74, 6) is 0.836. The molecule has 0 radical (unpaired) electrons. The van der Waals surface area contributed by atoms with Crippen molar-refractivity contribution in [2.45, 2.75) is 18.8 Å². The Balaban J connectivity index is 2.33. The predicted molar refractivity (Wildman–Crippen MR) is 69.8 cm³/mol. The van der Waals surface area contributed by atoms with Crippen molar-refractivity contribution >= 4 is 16.6 Å². The van der Waals surface area contributed by atoms with E-state index in [4.69, 9.17) is 4.74 Å². The van der Waals surface area contributed by atoms with E-state index in [9.17, 15) is 4.39 Å². The van der Waals surface area contributed by atoms with Gasteiger partial charge in [-0.15, -0.1) is 0 Å². The summed E-state index contributed by atoms with van der Waals surface area (Å²) < 4.78 is 19.2. The van der Waals surface area contributed by atoms with Crippen molar-refractivity contribution in [3.05, 3.63) is 29.7 Å². The van der Waals surface area contributed by atoms with Crippen LogP contribution in [0.3, 0.4) is 0 Å². The molecule has 1 saturated carbocycles. The molecule has 0 bridgehead atoms. The maximum atomic E-state index is 13.9. The monoisotopic (exact) mass is 246 g/mol. The van der Waals surface area contributed by atoms with E-state index in [2.05, 4.69) is 10.3 Å². The van der Waals surface area contributed by atoms with Gasteiger partial charge in [-0.05, 0) is 31.0 Å². The number of ether oxygens (including phenoxy) is 1. The molecule has 1 aromatic carbocycles. The van der Waals surface area contributed by atoms with Gasteiger partial charge in [0.25, 0.3) is 0 Å². The molecule has 0 amide bonds. The van der Waals surface area contributed by atoms with Gasteiger partial charge in [0.1, 0.15) is 17.1 Å². The van der Waals surface area contributed by atoms with Gasteiger partial charge in [-0.2, -0.15) is 0 Å². The van der Waals surface area contributed by atoms with E-state index in [0.717, 1.165) is 24.2 Å². The van der Waals surface area contributed by atoms with Crippen LogP contribution >= 0.6 is 0 Å². The molecular weight excluding hydrogens is 231 g/mol. The Kier molecular flexibility index (Phi) is 2.58. The minimum atomic E-state index is -0.301. The third-order valence-electron chi connectivity index (χ3n) is 3.38. The molecule has 0 saturated heterocycles. The quantitative estimate of drug-likeness (QED) is 0.902. The summed E-state index contributed by atoms with van der Waals surface area (Å²) in [7, 11) is 3.41. The van der Waals surface area contributed by atoms with Gasteiger partial charge in [-0.3, -0.25) is 0 Å². The Morgan fingerprint density at radius 3 is 2.78 bits per heavy atom. The van der Waals surface area contributed by atoms with E-state index in [1.54, 1.807) is 13.2 Å². The average molecular weight is 246 g/mol. The molecule has 1 aliphatic carbocycles. The van der Waals surface area contributed by atoms with Crippen LogP contribution in [0.5, 0.6) is 5.75 Å². The zero-order valence-corrected chi connectivity index (χ0v) is 10.5. The highest BCUT2D eigenvalue weighted by molar-refractivity contribution is 5.97. The van der Waals surface area contributed by atoms with Crippen LogP contribution < -0.4 is 10.1 Å². The van der Waals surface area contributed by atoms with Gasteiger partial charge in [-0.25, -0.2) is 9.37 Å². The van der Waals surface area contributed by atoms with Crippen LogP contribution in [0.15, 0.2) is 18.2 Å². The number of hydrogen-bond donors (Lipinski definition) is 1. The fourth-order valence-corrected chi connectivity index (χ4v) is 2.25. The molecule has 3 rings (SSSR count). The van der Waals surface area contributed by atoms with E-state index in [1.807, 2.05) is 13.1 Å². The number of fused-ring (bicyclic) bond motifs is 1. The van der Waals surface area contributed by atoms with Gasteiger partial charge in [0.2, 0.25) is 0 Å². The van der Waals surface area contributed by atoms with E-state index >= 15 is 0 Å². The molecule has 0 unspecified atom stereocenters. The molecule has 1 N–H and O–H groups in total. The second kappa shape index (κ2) is 4.12. The lowest BCUT2D eigenvalue weighted by Crippen LogP contribution is -1.99. The lowest BCUT2D eigenvalue weighted by atomic mass is 10.1. The fraction of sp³-hybridized carbons (Fsp3) is 0.357. The Hall–Kier alpha value is -1.84. The molecule has 2 aromatic rings. The molecule has 3 nitrogen and oxygen atoms in total. The van der Waals surface area contributed by atoms with Crippen LogP contribution in [0, 0.1) is 5.82 Å². The number of aromatic nitrogens is 1. The van der Waals surface area contributed by atoms with Crippen molar-refractivity contribution < 1.29 is 9.13 Å². The first-order valence-electron chi connectivity index (χ1n) is 6.09. The Morgan fingerprint density at radius 1 is 1.39 bits per heavy atom. The Bertz CT molecular complexity index is 608. The summed E-state index contributed by atoms with van der Waals surface area (Å²) in [5, 5.41) is 3.82. The van der Waals surface area contributed by atoms with Gasteiger partial charge in [-0.1, -0.05) is 0 Å². The Morgan fingerprint density at radius 2 is 2.17 bits per heavy atom. The van der Waals surface area contributed by atoms with E-state index < -0.39 is 0 Å². The van der Waals surface area contributed by atoms with Crippen LogP contribution in [0.4, 0.5) is 10.1 Å². The van der Waals surface area contributed by atoms with Crippen molar-refractivity contribution in [2.24, 2.45) is 0 Å². The molecule has 0 aliphatic heterocycles. The van der Waals surface area contributed by atoms with Gasteiger partial charge in [0.15, 0.2) is 0 Å². The highest BCUT2D eigenvalue weighted by Crippen LogP contribution is 2.42. The molecule has 4 heteroatoms. The van der Waals surface area contributed by atoms with Gasteiger partial charge < -0.3 is 10.1 Å². The lowest BCUT2D eigenvalue weighted by Gasteiger charge is -2.12.